The van der Waals surface area contributed by atoms with E-state index in [0.29, 0.717) is 13.0 Å². The molecular weight excluding hydrogens is 268 g/mol. The number of anilines is 1. The predicted octanol–water partition coefficient (Wildman–Crippen LogP) is 2.06. The molecular formula is C16H26N2O3. The summed E-state index contributed by atoms with van der Waals surface area (Å²) >= 11 is 0. The Kier molecular flexibility index (Phi) is 7.61. The fourth-order valence-electron chi connectivity index (χ4n) is 2.18. The number of carbonyl (C=O) groups excluding carboxylic acids is 1. The molecule has 0 saturated heterocycles. The molecule has 0 aliphatic rings. The molecule has 1 aromatic rings. The van der Waals surface area contributed by atoms with Crippen LogP contribution in [0.4, 0.5) is 5.69 Å². The molecule has 0 aliphatic carbocycles. The molecule has 1 rings (SSSR count). The number of hydrogen-bond donors (Lipinski definition) is 1. The molecule has 21 heavy (non-hydrogen) atoms. The number of esters is 1. The maximum absolute atomic E-state index is 11.9. The summed E-state index contributed by atoms with van der Waals surface area (Å²) in [5, 5.41) is 3.17. The average Bonchev–Trinajstić information content (AvgIpc) is 2.51. The Balaban J connectivity index is 2.64. The van der Waals surface area contributed by atoms with Crippen molar-refractivity contribution in [1.29, 1.82) is 0 Å². The van der Waals surface area contributed by atoms with Crippen LogP contribution in [0.5, 0.6) is 5.75 Å². The van der Waals surface area contributed by atoms with Gasteiger partial charge in [0.25, 0.3) is 0 Å². The fourth-order valence-corrected chi connectivity index (χ4v) is 2.18. The second-order valence-electron chi connectivity index (χ2n) is 4.74. The van der Waals surface area contributed by atoms with E-state index in [1.165, 1.54) is 0 Å². The Morgan fingerprint density at radius 3 is 2.67 bits per heavy atom. The molecule has 1 aromatic carbocycles. The highest BCUT2D eigenvalue weighted by molar-refractivity contribution is 5.75. The van der Waals surface area contributed by atoms with Gasteiger partial charge in [-0.05, 0) is 32.0 Å². The molecule has 1 unspecified atom stereocenters. The van der Waals surface area contributed by atoms with Crippen molar-refractivity contribution in [3.8, 4) is 5.75 Å². The summed E-state index contributed by atoms with van der Waals surface area (Å²) in [5.41, 5.74) is 1.01. The lowest BCUT2D eigenvalue weighted by atomic mass is 10.2. The van der Waals surface area contributed by atoms with Crippen LogP contribution in [-0.2, 0) is 9.53 Å². The third kappa shape index (κ3) is 5.27. The topological polar surface area (TPSA) is 50.8 Å². The van der Waals surface area contributed by atoms with Gasteiger partial charge >= 0.3 is 5.97 Å². The van der Waals surface area contributed by atoms with Crippen LogP contribution in [0.2, 0.25) is 0 Å². The first kappa shape index (κ1) is 17.3. The summed E-state index contributed by atoms with van der Waals surface area (Å²) in [5.74, 6) is 0.643. The second kappa shape index (κ2) is 9.23. The van der Waals surface area contributed by atoms with Gasteiger partial charge in [-0.25, -0.2) is 0 Å². The smallest absolute Gasteiger partial charge is 0.323 e. The molecule has 118 valence electrons. The van der Waals surface area contributed by atoms with Crippen LogP contribution in [0.3, 0.4) is 0 Å². The number of carbonyl (C=O) groups is 1. The monoisotopic (exact) mass is 294 g/mol. The van der Waals surface area contributed by atoms with Crippen molar-refractivity contribution in [2.45, 2.75) is 26.3 Å². The maximum Gasteiger partial charge on any atom is 0.323 e. The number of para-hydroxylation sites is 2. The molecule has 1 atom stereocenters. The van der Waals surface area contributed by atoms with Crippen molar-refractivity contribution >= 4 is 11.7 Å². The molecule has 0 aromatic heterocycles. The number of hydrogen-bond acceptors (Lipinski definition) is 5. The third-order valence-electron chi connectivity index (χ3n) is 3.27. The molecule has 5 heteroatoms. The second-order valence-corrected chi connectivity index (χ2v) is 4.74. The van der Waals surface area contributed by atoms with E-state index in [1.807, 2.05) is 45.2 Å². The largest absolute Gasteiger partial charge is 0.495 e. The van der Waals surface area contributed by atoms with E-state index in [2.05, 4.69) is 10.2 Å². The number of rotatable bonds is 9. The minimum absolute atomic E-state index is 0.187. The van der Waals surface area contributed by atoms with Gasteiger partial charge in [0.05, 0.1) is 19.4 Å². The number of nitrogens with one attached hydrogen (secondary N) is 1. The highest BCUT2D eigenvalue weighted by Gasteiger charge is 2.19. The van der Waals surface area contributed by atoms with Crippen LogP contribution >= 0.6 is 0 Å². The van der Waals surface area contributed by atoms with Gasteiger partial charge in [-0.1, -0.05) is 19.1 Å². The highest BCUT2D eigenvalue weighted by Crippen LogP contribution is 2.26. The predicted molar refractivity (Wildman–Crippen MR) is 85.0 cm³/mol. The van der Waals surface area contributed by atoms with Gasteiger partial charge in [0.15, 0.2) is 0 Å². The van der Waals surface area contributed by atoms with Crippen LogP contribution in [-0.4, -0.2) is 45.9 Å². The summed E-state index contributed by atoms with van der Waals surface area (Å²) in [7, 11) is 3.65. The van der Waals surface area contributed by atoms with E-state index in [-0.39, 0.29) is 12.0 Å². The van der Waals surface area contributed by atoms with Crippen molar-refractivity contribution in [2.24, 2.45) is 0 Å². The Labute approximate surface area is 127 Å². The lowest BCUT2D eigenvalue weighted by Gasteiger charge is -2.24. The molecule has 0 amide bonds. The molecule has 0 heterocycles. The zero-order valence-electron chi connectivity index (χ0n) is 13.4. The molecule has 0 spiro atoms. The number of ether oxygens (including phenoxy) is 2. The van der Waals surface area contributed by atoms with E-state index < -0.39 is 0 Å². The van der Waals surface area contributed by atoms with Gasteiger partial charge in [-0.2, -0.15) is 0 Å². The highest BCUT2D eigenvalue weighted by atomic mass is 16.5. The van der Waals surface area contributed by atoms with E-state index in [0.717, 1.165) is 24.5 Å². The lowest BCUT2D eigenvalue weighted by molar-refractivity contribution is -0.145. The Bertz CT molecular complexity index is 437. The summed E-state index contributed by atoms with van der Waals surface area (Å²) in [4.78, 5) is 14.0. The van der Waals surface area contributed by atoms with E-state index in [4.69, 9.17) is 9.47 Å². The van der Waals surface area contributed by atoms with Crippen molar-refractivity contribution in [3.63, 3.8) is 0 Å². The number of likely N-dealkylation sites (N-methyl/N-ethyl adjacent to an activating group) is 1. The lowest BCUT2D eigenvalue weighted by Crippen LogP contribution is -2.40. The van der Waals surface area contributed by atoms with Gasteiger partial charge in [0.1, 0.15) is 11.8 Å². The van der Waals surface area contributed by atoms with Gasteiger partial charge in [-0.15, -0.1) is 0 Å². The molecule has 0 bridgehead atoms. The van der Waals surface area contributed by atoms with Gasteiger partial charge in [0, 0.05) is 13.6 Å². The first-order chi connectivity index (χ1) is 10.1. The van der Waals surface area contributed by atoms with Gasteiger partial charge < -0.3 is 19.7 Å². The molecule has 0 fully saturated rings. The van der Waals surface area contributed by atoms with Crippen molar-refractivity contribution in [3.05, 3.63) is 24.3 Å². The number of benzene rings is 1. The van der Waals surface area contributed by atoms with Gasteiger partial charge in [-0.3, -0.25) is 4.79 Å². The van der Waals surface area contributed by atoms with Crippen LogP contribution in [0, 0.1) is 0 Å². The standard InChI is InChI=1S/C16H26N2O3/c1-5-17-13(16(19)21-6-2)11-12-18(3)14-9-7-8-10-15(14)20-4/h7-10,13,17H,5-6,11-12H2,1-4H3. The molecule has 1 N–H and O–H groups in total. The minimum Gasteiger partial charge on any atom is -0.495 e. The maximum atomic E-state index is 11.9. The summed E-state index contributed by atoms with van der Waals surface area (Å²) in [6.45, 7) is 5.68. The Hall–Kier alpha value is -1.75. The number of methoxy groups -OCH3 is 1. The zero-order valence-corrected chi connectivity index (χ0v) is 13.4. The first-order valence-corrected chi connectivity index (χ1v) is 7.38. The van der Waals surface area contributed by atoms with Crippen LogP contribution in [0.15, 0.2) is 24.3 Å². The van der Waals surface area contributed by atoms with Crippen molar-refractivity contribution < 1.29 is 14.3 Å². The Morgan fingerprint density at radius 2 is 2.05 bits per heavy atom. The average molecular weight is 294 g/mol. The normalized spacial score (nSPS) is 11.8. The minimum atomic E-state index is -0.271. The number of nitrogens with zero attached hydrogens (tertiary/aromatic N) is 1. The van der Waals surface area contributed by atoms with Gasteiger partial charge in [0.2, 0.25) is 0 Å². The van der Waals surface area contributed by atoms with Crippen LogP contribution < -0.4 is 15.0 Å². The summed E-state index contributed by atoms with van der Waals surface area (Å²) in [6, 6.07) is 7.58. The van der Waals surface area contributed by atoms with Crippen molar-refractivity contribution in [1.82, 2.24) is 5.32 Å². The van der Waals surface area contributed by atoms with E-state index >= 15 is 0 Å². The van der Waals surface area contributed by atoms with E-state index in [1.54, 1.807) is 7.11 Å². The molecule has 5 nitrogen and oxygen atoms in total. The summed E-state index contributed by atoms with van der Waals surface area (Å²) < 4.78 is 10.5. The summed E-state index contributed by atoms with van der Waals surface area (Å²) in [6.07, 6.45) is 0.682. The van der Waals surface area contributed by atoms with Crippen LogP contribution in [0.1, 0.15) is 20.3 Å². The third-order valence-corrected chi connectivity index (χ3v) is 3.27. The van der Waals surface area contributed by atoms with Crippen LogP contribution in [0.25, 0.3) is 0 Å². The van der Waals surface area contributed by atoms with Crippen molar-refractivity contribution in [2.75, 3.05) is 38.8 Å². The molecule has 0 aliphatic heterocycles. The fraction of sp³-hybridized carbons (Fsp3) is 0.562. The first-order valence-electron chi connectivity index (χ1n) is 7.38. The quantitative estimate of drug-likeness (QED) is 0.707. The van der Waals surface area contributed by atoms with E-state index in [9.17, 15) is 4.79 Å². The SMILES string of the molecule is CCNC(CCN(C)c1ccccc1OC)C(=O)OCC. The zero-order chi connectivity index (χ0) is 15.7. The Morgan fingerprint density at radius 1 is 1.33 bits per heavy atom. The molecule has 0 radical (unpaired) electrons. The molecule has 0 saturated carbocycles.